The maximum Gasteiger partial charge on any atom is 0.472 e. The van der Waals surface area contributed by atoms with Crippen LogP contribution in [0, 0.1) is 11.8 Å². The third kappa shape index (κ3) is 76.3. The molecule has 17 nitrogen and oxygen atoms in total. The van der Waals surface area contributed by atoms with Crippen molar-refractivity contribution >= 4 is 39.5 Å². The lowest BCUT2D eigenvalue weighted by molar-refractivity contribution is -0.161. The Labute approximate surface area is 626 Å². The number of ether oxygens (including phenoxy) is 4. The van der Waals surface area contributed by atoms with Crippen molar-refractivity contribution in [1.29, 1.82) is 0 Å². The largest absolute Gasteiger partial charge is 0.472 e. The summed E-state index contributed by atoms with van der Waals surface area (Å²) in [7, 11) is -9.92. The van der Waals surface area contributed by atoms with Crippen molar-refractivity contribution in [3.05, 3.63) is 0 Å². The van der Waals surface area contributed by atoms with Gasteiger partial charge in [-0.15, -0.1) is 0 Å². The predicted molar refractivity (Wildman–Crippen MR) is 418 cm³/mol. The Bertz CT molecular complexity index is 1960. The van der Waals surface area contributed by atoms with Crippen molar-refractivity contribution in [2.75, 3.05) is 39.6 Å². The molecule has 606 valence electrons. The number of aliphatic hydroxyl groups excluding tert-OH is 1. The van der Waals surface area contributed by atoms with E-state index in [2.05, 4.69) is 41.5 Å². The molecule has 0 amide bonds. The Kier molecular flexibility index (Phi) is 73.1. The summed E-state index contributed by atoms with van der Waals surface area (Å²) in [6.07, 6.45) is 65.3. The first kappa shape index (κ1) is 100. The zero-order valence-corrected chi connectivity index (χ0v) is 68.7. The van der Waals surface area contributed by atoms with Crippen molar-refractivity contribution in [3.8, 4) is 0 Å². The molecule has 19 heteroatoms. The smallest absolute Gasteiger partial charge is 0.462 e. The highest BCUT2D eigenvalue weighted by atomic mass is 31.2. The maximum absolute atomic E-state index is 13.1. The van der Waals surface area contributed by atoms with Gasteiger partial charge in [0, 0.05) is 25.7 Å². The molecule has 5 atom stereocenters. The minimum Gasteiger partial charge on any atom is -0.462 e. The number of carbonyl (C=O) groups is 4. The van der Waals surface area contributed by atoms with E-state index in [0.29, 0.717) is 25.7 Å². The van der Waals surface area contributed by atoms with Crippen LogP contribution in [0.4, 0.5) is 0 Å². The molecule has 0 aromatic heterocycles. The molecule has 0 aliphatic rings. The molecule has 0 radical (unpaired) electrons. The first-order chi connectivity index (χ1) is 49.4. The predicted octanol–water partition coefficient (Wildman–Crippen LogP) is 25.1. The van der Waals surface area contributed by atoms with Crippen LogP contribution in [0.25, 0.3) is 0 Å². The first-order valence-electron chi connectivity index (χ1n) is 43.0. The van der Waals surface area contributed by atoms with E-state index in [4.69, 9.17) is 37.0 Å². The molecule has 0 rings (SSSR count). The van der Waals surface area contributed by atoms with Crippen LogP contribution in [-0.2, 0) is 65.4 Å². The molecule has 0 aromatic carbocycles. The highest BCUT2D eigenvalue weighted by Crippen LogP contribution is 2.45. The van der Waals surface area contributed by atoms with E-state index < -0.39 is 97.5 Å². The van der Waals surface area contributed by atoms with Gasteiger partial charge in [0.2, 0.25) is 0 Å². The second kappa shape index (κ2) is 74.5. The summed E-state index contributed by atoms with van der Waals surface area (Å²) in [4.78, 5) is 73.1. The van der Waals surface area contributed by atoms with Gasteiger partial charge in [-0.05, 0) is 37.5 Å². The van der Waals surface area contributed by atoms with E-state index in [-0.39, 0.29) is 25.7 Å². The summed E-state index contributed by atoms with van der Waals surface area (Å²) in [5, 5.41) is 10.6. The number of esters is 4. The van der Waals surface area contributed by atoms with Crippen molar-refractivity contribution in [2.45, 2.75) is 458 Å². The Morgan fingerprint density at radius 3 is 0.667 bits per heavy atom. The molecule has 0 bridgehead atoms. The zero-order chi connectivity index (χ0) is 74.9. The average Bonchev–Trinajstić information content (AvgIpc) is 0.914. The summed E-state index contributed by atoms with van der Waals surface area (Å²) < 4.78 is 68.8. The maximum atomic E-state index is 13.1. The second-order valence-electron chi connectivity index (χ2n) is 30.8. The Morgan fingerprint density at radius 2 is 0.451 bits per heavy atom. The molecule has 0 aliphatic heterocycles. The SMILES string of the molecule is CCCCCCCCCCCCCCCCCCCCCCC(=O)O[C@H](COC(=O)CCCCCCCCCCCCCCCCCCC(C)C)COP(=O)(O)OC[C@@H](O)COP(=O)(O)OC[C@@H](COC(=O)CCCCCCCCCCCC)OC(=O)CCCCCCCCCCCCC(C)C. The minimum absolute atomic E-state index is 0.106. The molecular formula is C83H162O17P2. The van der Waals surface area contributed by atoms with Gasteiger partial charge >= 0.3 is 39.5 Å². The number of unbranched alkanes of at least 4 members (excludes halogenated alkanes) is 52. The Morgan fingerprint density at radius 1 is 0.265 bits per heavy atom. The van der Waals surface area contributed by atoms with Crippen LogP contribution in [-0.4, -0.2) is 96.7 Å². The van der Waals surface area contributed by atoms with Crippen molar-refractivity contribution in [2.24, 2.45) is 11.8 Å². The molecule has 0 heterocycles. The summed E-state index contributed by atoms with van der Waals surface area (Å²) in [5.41, 5.74) is 0. The number of phosphoric acid groups is 2. The molecule has 2 unspecified atom stereocenters. The molecular weight excluding hydrogens is 1330 g/mol. The van der Waals surface area contributed by atoms with Crippen molar-refractivity contribution < 1.29 is 80.2 Å². The monoisotopic (exact) mass is 1490 g/mol. The van der Waals surface area contributed by atoms with Gasteiger partial charge in [0.1, 0.15) is 19.3 Å². The molecule has 0 saturated carbocycles. The average molecular weight is 1490 g/mol. The highest BCUT2D eigenvalue weighted by Gasteiger charge is 2.30. The number of hydrogen-bond donors (Lipinski definition) is 3. The van der Waals surface area contributed by atoms with Crippen LogP contribution in [0.15, 0.2) is 0 Å². The van der Waals surface area contributed by atoms with Crippen LogP contribution in [0.5, 0.6) is 0 Å². The van der Waals surface area contributed by atoms with E-state index in [1.54, 1.807) is 0 Å². The van der Waals surface area contributed by atoms with E-state index in [1.165, 1.54) is 257 Å². The van der Waals surface area contributed by atoms with Gasteiger partial charge in [0.25, 0.3) is 0 Å². The van der Waals surface area contributed by atoms with Gasteiger partial charge in [-0.3, -0.25) is 37.3 Å². The fourth-order valence-electron chi connectivity index (χ4n) is 12.9. The molecule has 3 N–H and O–H groups in total. The third-order valence-electron chi connectivity index (χ3n) is 19.5. The standard InChI is InChI=1S/C83H162O17P2/c1-7-9-11-13-15-17-19-20-21-22-23-24-25-30-33-36-43-49-55-61-67-82(87)99-79(72-94-81(86)66-60-54-48-42-35-32-29-27-26-28-31-34-39-45-51-57-63-75(3)4)74-98-102(91,92)96-70-77(84)69-95-101(89,90)97-73-78(71-93-80(85)65-59-53-47-41-18-16-14-12-10-8-2)100-83(88)68-62-56-50-44-38-37-40-46-52-58-64-76(5)6/h75-79,84H,7-74H2,1-6H3,(H,89,90)(H,91,92)/t77-,78+,79+/m0/s1. The van der Waals surface area contributed by atoms with Crippen LogP contribution in [0.3, 0.4) is 0 Å². The number of rotatable bonds is 82. The zero-order valence-electron chi connectivity index (χ0n) is 66.9. The van der Waals surface area contributed by atoms with Crippen LogP contribution in [0.1, 0.15) is 440 Å². The van der Waals surface area contributed by atoms with E-state index >= 15 is 0 Å². The summed E-state index contributed by atoms with van der Waals surface area (Å²) in [6.45, 7) is 9.66. The molecule has 0 saturated heterocycles. The second-order valence-corrected chi connectivity index (χ2v) is 33.7. The quantitative estimate of drug-likeness (QED) is 0.0222. The summed E-state index contributed by atoms with van der Waals surface area (Å²) in [6, 6.07) is 0. The molecule has 102 heavy (non-hydrogen) atoms. The van der Waals surface area contributed by atoms with Crippen LogP contribution in [0.2, 0.25) is 0 Å². The van der Waals surface area contributed by atoms with Gasteiger partial charge in [-0.25, -0.2) is 9.13 Å². The third-order valence-corrected chi connectivity index (χ3v) is 21.4. The number of phosphoric ester groups is 2. The van der Waals surface area contributed by atoms with Crippen molar-refractivity contribution in [3.63, 3.8) is 0 Å². The van der Waals surface area contributed by atoms with E-state index in [1.807, 2.05) is 0 Å². The minimum atomic E-state index is -4.96. The first-order valence-corrected chi connectivity index (χ1v) is 46.0. The highest BCUT2D eigenvalue weighted by molar-refractivity contribution is 7.47. The summed E-state index contributed by atoms with van der Waals surface area (Å²) in [5.74, 6) is -0.542. The van der Waals surface area contributed by atoms with Gasteiger partial charge < -0.3 is 33.8 Å². The van der Waals surface area contributed by atoms with E-state index in [9.17, 15) is 43.2 Å². The topological polar surface area (TPSA) is 237 Å². The normalized spacial score (nSPS) is 13.9. The van der Waals surface area contributed by atoms with Gasteiger partial charge in [0.05, 0.1) is 26.4 Å². The van der Waals surface area contributed by atoms with Crippen LogP contribution < -0.4 is 0 Å². The van der Waals surface area contributed by atoms with Crippen LogP contribution >= 0.6 is 15.6 Å². The lowest BCUT2D eigenvalue weighted by Crippen LogP contribution is -2.30. The number of aliphatic hydroxyl groups is 1. The van der Waals surface area contributed by atoms with E-state index in [0.717, 1.165) is 102 Å². The molecule has 0 fully saturated rings. The Balaban J connectivity index is 5.22. The van der Waals surface area contributed by atoms with Gasteiger partial charge in [-0.2, -0.15) is 0 Å². The Hall–Kier alpha value is -1.94. The van der Waals surface area contributed by atoms with Gasteiger partial charge in [-0.1, -0.05) is 388 Å². The lowest BCUT2D eigenvalue weighted by Gasteiger charge is -2.21. The molecule has 0 aliphatic carbocycles. The van der Waals surface area contributed by atoms with Crippen molar-refractivity contribution in [1.82, 2.24) is 0 Å². The van der Waals surface area contributed by atoms with Gasteiger partial charge in [0.15, 0.2) is 12.2 Å². The number of carbonyl (C=O) groups excluding carboxylic acids is 4. The molecule has 0 aromatic rings. The molecule has 0 spiro atoms. The summed E-state index contributed by atoms with van der Waals surface area (Å²) >= 11 is 0. The fraction of sp³-hybridized carbons (Fsp3) is 0.952. The lowest BCUT2D eigenvalue weighted by atomic mass is 10.0. The fourth-order valence-corrected chi connectivity index (χ4v) is 14.5. The number of hydrogen-bond acceptors (Lipinski definition) is 15.